The van der Waals surface area contributed by atoms with Crippen molar-refractivity contribution in [1.29, 1.82) is 0 Å². The molecule has 0 bridgehead atoms. The number of nitrogens with zero attached hydrogens (tertiary/aromatic N) is 4. The van der Waals surface area contributed by atoms with Gasteiger partial charge in [0.05, 0.1) is 23.9 Å². The van der Waals surface area contributed by atoms with E-state index in [0.717, 1.165) is 11.3 Å². The number of nitrogens with one attached hydrogen (secondary N) is 1. The zero-order valence-corrected chi connectivity index (χ0v) is 18.3. The van der Waals surface area contributed by atoms with Gasteiger partial charge in [-0.25, -0.2) is 14.6 Å². The topological polar surface area (TPSA) is 129 Å². The normalized spacial score (nSPS) is 12.0. The molecule has 10 nitrogen and oxygen atoms in total. The summed E-state index contributed by atoms with van der Waals surface area (Å²) in [5, 5.41) is 8.52. The minimum absolute atomic E-state index is 0.0145. The molecule has 0 amide bonds. The third kappa shape index (κ3) is 4.02. The van der Waals surface area contributed by atoms with Gasteiger partial charge < -0.3 is 14.5 Å². The Balaban J connectivity index is 1.57. The lowest BCUT2D eigenvalue weighted by Gasteiger charge is -2.11. The molecule has 32 heavy (non-hydrogen) atoms. The lowest BCUT2D eigenvalue weighted by atomic mass is 10.2. The number of fused-ring (bicyclic) bond motifs is 1. The van der Waals surface area contributed by atoms with Crippen LogP contribution in [0.15, 0.2) is 41.3 Å². The van der Waals surface area contributed by atoms with Crippen molar-refractivity contribution < 1.29 is 19.1 Å². The number of thiophene rings is 1. The minimum atomic E-state index is -0.866. The molecule has 1 aromatic carbocycles. The summed E-state index contributed by atoms with van der Waals surface area (Å²) in [7, 11) is 0. The number of H-pyrrole nitrogens is 1. The molecule has 0 radical (unpaired) electrons. The van der Waals surface area contributed by atoms with Crippen molar-refractivity contribution >= 4 is 33.5 Å². The van der Waals surface area contributed by atoms with Crippen molar-refractivity contribution in [3.63, 3.8) is 0 Å². The summed E-state index contributed by atoms with van der Waals surface area (Å²) in [6.07, 6.45) is 0.435. The van der Waals surface area contributed by atoms with Gasteiger partial charge in [-0.3, -0.25) is 4.79 Å². The maximum absolute atomic E-state index is 12.6. The molecular weight excluding hydrogens is 434 g/mol. The molecule has 0 saturated carbocycles. The number of esters is 2. The first kappa shape index (κ1) is 21.4. The first-order chi connectivity index (χ1) is 15.4. The Kier molecular flexibility index (Phi) is 5.82. The Bertz CT molecular complexity index is 1360. The van der Waals surface area contributed by atoms with Crippen LogP contribution in [0.4, 0.5) is 0 Å². The number of aromatic amines is 1. The molecule has 0 spiro atoms. The molecule has 11 heteroatoms. The number of hydrogen-bond donors (Lipinski definition) is 1. The van der Waals surface area contributed by atoms with E-state index in [1.165, 1.54) is 11.0 Å². The summed E-state index contributed by atoms with van der Waals surface area (Å²) in [6.45, 7) is 5.18. The smallest absolute Gasteiger partial charge is 0.361 e. The number of carbonyl (C=O) groups is 2. The standard InChI is InChI=1S/C21H19N5O5S/c1-4-30-21(29)16-11(2)15-18(27)23-17(24-19(15)32-16)12(3)31-20(28)14-10-22-26(25-14)13-8-6-5-7-9-13/h5-10,12H,4H2,1-3H3,(H,23,24,27)/t12-/m0/s1. The highest BCUT2D eigenvalue weighted by Gasteiger charge is 2.23. The summed E-state index contributed by atoms with van der Waals surface area (Å²) in [5.41, 5.74) is 0.792. The average Bonchev–Trinajstić information content (AvgIpc) is 3.40. The largest absolute Gasteiger partial charge is 0.462 e. The Morgan fingerprint density at radius 2 is 1.97 bits per heavy atom. The van der Waals surface area contributed by atoms with Gasteiger partial charge in [0.15, 0.2) is 17.6 Å². The third-order valence-corrected chi connectivity index (χ3v) is 5.80. The fourth-order valence-corrected chi connectivity index (χ4v) is 4.15. The fourth-order valence-electron chi connectivity index (χ4n) is 3.06. The number of rotatable bonds is 6. The summed E-state index contributed by atoms with van der Waals surface area (Å²) in [5.74, 6) is -1.06. The van der Waals surface area contributed by atoms with Gasteiger partial charge in [-0.1, -0.05) is 18.2 Å². The number of ether oxygens (including phenoxy) is 2. The van der Waals surface area contributed by atoms with Gasteiger partial charge >= 0.3 is 11.9 Å². The van der Waals surface area contributed by atoms with E-state index in [1.54, 1.807) is 32.9 Å². The van der Waals surface area contributed by atoms with Crippen LogP contribution in [0, 0.1) is 6.92 Å². The first-order valence-corrected chi connectivity index (χ1v) is 10.6. The van der Waals surface area contributed by atoms with E-state index in [0.29, 0.717) is 26.3 Å². The summed E-state index contributed by atoms with van der Waals surface area (Å²) >= 11 is 1.06. The monoisotopic (exact) mass is 453 g/mol. The van der Waals surface area contributed by atoms with Crippen molar-refractivity contribution in [2.45, 2.75) is 26.9 Å². The number of carbonyl (C=O) groups excluding carboxylic acids is 2. The minimum Gasteiger partial charge on any atom is -0.462 e. The van der Waals surface area contributed by atoms with Crippen LogP contribution in [-0.4, -0.2) is 43.5 Å². The Hall–Kier alpha value is -3.86. The van der Waals surface area contributed by atoms with Crippen LogP contribution in [0.2, 0.25) is 0 Å². The van der Waals surface area contributed by atoms with Crippen LogP contribution >= 0.6 is 11.3 Å². The summed E-state index contributed by atoms with van der Waals surface area (Å²) in [6, 6.07) is 9.12. The molecule has 3 aromatic heterocycles. The van der Waals surface area contributed by atoms with E-state index >= 15 is 0 Å². The van der Waals surface area contributed by atoms with E-state index in [1.807, 2.05) is 18.2 Å². The van der Waals surface area contributed by atoms with Crippen molar-refractivity contribution in [1.82, 2.24) is 25.0 Å². The number of benzene rings is 1. The quantitative estimate of drug-likeness (QED) is 0.441. The molecule has 0 unspecified atom stereocenters. The van der Waals surface area contributed by atoms with E-state index in [2.05, 4.69) is 20.2 Å². The highest BCUT2D eigenvalue weighted by molar-refractivity contribution is 7.20. The second-order valence-corrected chi connectivity index (χ2v) is 7.81. The summed E-state index contributed by atoms with van der Waals surface area (Å²) < 4.78 is 10.5. The van der Waals surface area contributed by atoms with Gasteiger partial charge in [0.25, 0.3) is 5.56 Å². The molecule has 0 aliphatic heterocycles. The maximum Gasteiger partial charge on any atom is 0.361 e. The molecule has 0 saturated heterocycles. The summed E-state index contributed by atoms with van der Waals surface area (Å²) in [4.78, 5) is 46.3. The highest BCUT2D eigenvalue weighted by atomic mass is 32.1. The first-order valence-electron chi connectivity index (χ1n) is 9.78. The predicted octanol–water partition coefficient (Wildman–Crippen LogP) is 2.97. The van der Waals surface area contributed by atoms with Gasteiger partial charge in [-0.15, -0.1) is 16.4 Å². The van der Waals surface area contributed by atoms with Crippen LogP contribution in [0.5, 0.6) is 0 Å². The number of aryl methyl sites for hydroxylation is 1. The van der Waals surface area contributed by atoms with Crippen LogP contribution in [0.1, 0.15) is 51.5 Å². The van der Waals surface area contributed by atoms with Gasteiger partial charge in [0.2, 0.25) is 0 Å². The van der Waals surface area contributed by atoms with E-state index < -0.39 is 23.6 Å². The molecule has 4 rings (SSSR count). The lowest BCUT2D eigenvalue weighted by molar-refractivity contribution is 0.0312. The number of hydrogen-bond acceptors (Lipinski definition) is 9. The van der Waals surface area contributed by atoms with Crippen molar-refractivity contribution in [3.05, 3.63) is 68.8 Å². The average molecular weight is 453 g/mol. The van der Waals surface area contributed by atoms with Crippen LogP contribution in [-0.2, 0) is 9.47 Å². The molecule has 0 aliphatic carbocycles. The van der Waals surface area contributed by atoms with E-state index in [4.69, 9.17) is 9.47 Å². The van der Waals surface area contributed by atoms with Crippen molar-refractivity contribution in [3.8, 4) is 5.69 Å². The van der Waals surface area contributed by atoms with Crippen LogP contribution in [0.3, 0.4) is 0 Å². The highest BCUT2D eigenvalue weighted by Crippen LogP contribution is 2.28. The molecule has 0 aliphatic rings. The van der Waals surface area contributed by atoms with Crippen LogP contribution < -0.4 is 5.56 Å². The molecule has 4 aromatic rings. The Morgan fingerprint density at radius 1 is 1.22 bits per heavy atom. The number of para-hydroxylation sites is 1. The van der Waals surface area contributed by atoms with E-state index in [-0.39, 0.29) is 18.1 Å². The number of aromatic nitrogens is 5. The zero-order valence-electron chi connectivity index (χ0n) is 17.5. The Morgan fingerprint density at radius 3 is 2.69 bits per heavy atom. The van der Waals surface area contributed by atoms with Gasteiger partial charge in [-0.05, 0) is 38.5 Å². The predicted molar refractivity (Wildman–Crippen MR) is 116 cm³/mol. The molecule has 164 valence electrons. The van der Waals surface area contributed by atoms with E-state index in [9.17, 15) is 14.4 Å². The van der Waals surface area contributed by atoms with Gasteiger partial charge in [0, 0.05) is 0 Å². The van der Waals surface area contributed by atoms with Crippen molar-refractivity contribution in [2.75, 3.05) is 6.61 Å². The second kappa shape index (κ2) is 8.71. The second-order valence-electron chi connectivity index (χ2n) is 6.81. The molecule has 0 fully saturated rings. The van der Waals surface area contributed by atoms with Crippen molar-refractivity contribution in [2.24, 2.45) is 0 Å². The fraction of sp³-hybridized carbons (Fsp3) is 0.238. The third-order valence-electron chi connectivity index (χ3n) is 4.64. The van der Waals surface area contributed by atoms with Gasteiger partial charge in [-0.2, -0.15) is 9.90 Å². The van der Waals surface area contributed by atoms with Crippen LogP contribution in [0.25, 0.3) is 15.9 Å². The molecule has 1 atom stereocenters. The molecular formula is C21H19N5O5S. The maximum atomic E-state index is 12.6. The molecule has 3 heterocycles. The Labute approximate surface area is 185 Å². The zero-order chi connectivity index (χ0) is 22.8. The molecule has 1 N–H and O–H groups in total. The lowest BCUT2D eigenvalue weighted by Crippen LogP contribution is -2.17. The SMILES string of the molecule is CCOC(=O)c1sc2nc([C@H](C)OC(=O)c3cnn(-c4ccccc4)n3)[nH]c(=O)c2c1C. The van der Waals surface area contributed by atoms with Gasteiger partial charge in [0.1, 0.15) is 9.71 Å².